The van der Waals surface area contributed by atoms with E-state index in [0.29, 0.717) is 10.8 Å². The van der Waals surface area contributed by atoms with Crippen LogP contribution < -0.4 is 5.32 Å². The van der Waals surface area contributed by atoms with Gasteiger partial charge in [-0.15, -0.1) is 0 Å². The number of benzene rings is 1. The van der Waals surface area contributed by atoms with Crippen LogP contribution in [0.5, 0.6) is 0 Å². The number of carbonyl (C=O) groups is 1. The van der Waals surface area contributed by atoms with E-state index in [1.807, 2.05) is 6.07 Å². The normalized spacial score (nSPS) is 10.4. The number of aromatic nitrogens is 2. The number of amides is 1. The summed E-state index contributed by atoms with van der Waals surface area (Å²) in [6.45, 7) is 1.46. The number of aromatic amines is 1. The Morgan fingerprint density at radius 1 is 1.57 bits per heavy atom. The van der Waals surface area contributed by atoms with Crippen LogP contribution in [0.2, 0.25) is 5.15 Å². The molecule has 72 valence electrons. The van der Waals surface area contributed by atoms with E-state index >= 15 is 0 Å². The highest BCUT2D eigenvalue weighted by molar-refractivity contribution is 6.34. The minimum absolute atomic E-state index is 0.106. The topological polar surface area (TPSA) is 57.8 Å². The van der Waals surface area contributed by atoms with Crippen LogP contribution in [0, 0.1) is 0 Å². The molecule has 1 amide bonds. The first-order valence-corrected chi connectivity index (χ1v) is 4.46. The molecular formula is C9H8ClN3O. The van der Waals surface area contributed by atoms with Gasteiger partial charge < -0.3 is 5.32 Å². The molecule has 0 bridgehead atoms. The zero-order valence-corrected chi connectivity index (χ0v) is 8.22. The Balaban J connectivity index is 2.46. The van der Waals surface area contributed by atoms with Crippen molar-refractivity contribution in [2.45, 2.75) is 6.92 Å². The summed E-state index contributed by atoms with van der Waals surface area (Å²) in [7, 11) is 0. The van der Waals surface area contributed by atoms with Crippen LogP contribution in [0.3, 0.4) is 0 Å². The second kappa shape index (κ2) is 3.31. The SMILES string of the molecule is CC(=O)Nc1ccc2c(Cl)[nH]nc2c1. The van der Waals surface area contributed by atoms with Crippen molar-refractivity contribution in [1.29, 1.82) is 0 Å². The van der Waals surface area contributed by atoms with Crippen molar-refractivity contribution in [3.05, 3.63) is 23.4 Å². The molecule has 0 aliphatic carbocycles. The number of H-pyrrole nitrogens is 1. The standard InChI is InChI=1S/C9H8ClN3O/c1-5(14)11-6-2-3-7-8(4-6)12-13-9(7)10/h2-4H,1H3,(H,11,14)(H,12,13). The molecule has 0 aliphatic rings. The van der Waals surface area contributed by atoms with Gasteiger partial charge in [-0.2, -0.15) is 5.10 Å². The van der Waals surface area contributed by atoms with E-state index in [1.165, 1.54) is 6.92 Å². The summed E-state index contributed by atoms with van der Waals surface area (Å²) in [5.74, 6) is -0.106. The van der Waals surface area contributed by atoms with Gasteiger partial charge in [0.2, 0.25) is 5.91 Å². The second-order valence-corrected chi connectivity index (χ2v) is 3.33. The number of fused-ring (bicyclic) bond motifs is 1. The molecule has 1 aromatic heterocycles. The lowest BCUT2D eigenvalue weighted by atomic mass is 10.2. The minimum Gasteiger partial charge on any atom is -0.326 e. The summed E-state index contributed by atoms with van der Waals surface area (Å²) in [5, 5.41) is 10.7. The first-order valence-electron chi connectivity index (χ1n) is 4.08. The van der Waals surface area contributed by atoms with Crippen LogP contribution in [-0.2, 0) is 4.79 Å². The average Bonchev–Trinajstić information content (AvgIpc) is 2.46. The van der Waals surface area contributed by atoms with Crippen LogP contribution in [0.25, 0.3) is 10.9 Å². The maximum Gasteiger partial charge on any atom is 0.221 e. The van der Waals surface area contributed by atoms with Crippen LogP contribution in [0.15, 0.2) is 18.2 Å². The number of carbonyl (C=O) groups excluding carboxylic acids is 1. The molecule has 0 aliphatic heterocycles. The molecule has 2 rings (SSSR count). The third-order valence-corrected chi connectivity index (χ3v) is 2.12. The molecule has 0 spiro atoms. The number of nitrogens with one attached hydrogen (secondary N) is 2. The van der Waals surface area contributed by atoms with Gasteiger partial charge in [-0.3, -0.25) is 9.89 Å². The van der Waals surface area contributed by atoms with Gasteiger partial charge in [-0.1, -0.05) is 11.6 Å². The summed E-state index contributed by atoms with van der Waals surface area (Å²) >= 11 is 5.83. The third-order valence-electron chi connectivity index (χ3n) is 1.83. The fourth-order valence-electron chi connectivity index (χ4n) is 1.26. The molecule has 1 aromatic carbocycles. The zero-order valence-electron chi connectivity index (χ0n) is 7.47. The van der Waals surface area contributed by atoms with E-state index in [9.17, 15) is 4.79 Å². The van der Waals surface area contributed by atoms with Crippen molar-refractivity contribution in [3.63, 3.8) is 0 Å². The molecule has 1 heterocycles. The third kappa shape index (κ3) is 1.56. The number of anilines is 1. The molecule has 0 saturated carbocycles. The van der Waals surface area contributed by atoms with Gasteiger partial charge in [0, 0.05) is 18.0 Å². The lowest BCUT2D eigenvalue weighted by Gasteiger charge is -2.00. The van der Waals surface area contributed by atoms with Crippen molar-refractivity contribution < 1.29 is 4.79 Å². The van der Waals surface area contributed by atoms with Gasteiger partial charge in [0.25, 0.3) is 0 Å². The number of rotatable bonds is 1. The summed E-state index contributed by atoms with van der Waals surface area (Å²) in [6, 6.07) is 5.36. The maximum atomic E-state index is 10.8. The Morgan fingerprint density at radius 3 is 3.07 bits per heavy atom. The number of hydrogen-bond donors (Lipinski definition) is 2. The Hall–Kier alpha value is -1.55. The highest BCUT2D eigenvalue weighted by Gasteiger charge is 2.03. The molecule has 14 heavy (non-hydrogen) atoms. The molecule has 0 fully saturated rings. The van der Waals surface area contributed by atoms with E-state index in [4.69, 9.17) is 11.6 Å². The molecule has 0 saturated heterocycles. The van der Waals surface area contributed by atoms with E-state index in [0.717, 1.165) is 10.9 Å². The highest BCUT2D eigenvalue weighted by Crippen LogP contribution is 2.23. The summed E-state index contributed by atoms with van der Waals surface area (Å²) in [5.41, 5.74) is 1.45. The zero-order chi connectivity index (χ0) is 10.1. The van der Waals surface area contributed by atoms with Crippen LogP contribution in [0.4, 0.5) is 5.69 Å². The molecule has 0 radical (unpaired) electrons. The van der Waals surface area contributed by atoms with Gasteiger partial charge in [0.15, 0.2) is 0 Å². The lowest BCUT2D eigenvalue weighted by Crippen LogP contribution is -2.05. The Kier molecular flexibility index (Phi) is 2.13. The van der Waals surface area contributed by atoms with E-state index in [2.05, 4.69) is 15.5 Å². The predicted octanol–water partition coefficient (Wildman–Crippen LogP) is 2.17. The molecule has 0 atom stereocenters. The molecule has 2 N–H and O–H groups in total. The van der Waals surface area contributed by atoms with Gasteiger partial charge in [0.1, 0.15) is 5.15 Å². The number of nitrogens with zero attached hydrogens (tertiary/aromatic N) is 1. The van der Waals surface area contributed by atoms with Gasteiger partial charge in [0.05, 0.1) is 5.52 Å². The fourth-order valence-corrected chi connectivity index (χ4v) is 1.46. The van der Waals surface area contributed by atoms with Gasteiger partial charge in [-0.25, -0.2) is 0 Å². The Morgan fingerprint density at radius 2 is 2.36 bits per heavy atom. The van der Waals surface area contributed by atoms with Crippen molar-refractivity contribution in [3.8, 4) is 0 Å². The lowest BCUT2D eigenvalue weighted by molar-refractivity contribution is -0.114. The average molecular weight is 210 g/mol. The molecular weight excluding hydrogens is 202 g/mol. The first-order chi connectivity index (χ1) is 6.66. The van der Waals surface area contributed by atoms with Crippen molar-refractivity contribution in [2.24, 2.45) is 0 Å². The number of hydrogen-bond acceptors (Lipinski definition) is 2. The van der Waals surface area contributed by atoms with E-state index < -0.39 is 0 Å². The van der Waals surface area contributed by atoms with Crippen LogP contribution >= 0.6 is 11.6 Å². The van der Waals surface area contributed by atoms with Crippen molar-refractivity contribution in [2.75, 3.05) is 5.32 Å². The highest BCUT2D eigenvalue weighted by atomic mass is 35.5. The monoisotopic (exact) mass is 209 g/mol. The Bertz CT molecular complexity index is 492. The Labute approximate surface area is 85.3 Å². The molecule has 0 unspecified atom stereocenters. The second-order valence-electron chi connectivity index (χ2n) is 2.95. The maximum absolute atomic E-state index is 10.8. The quantitative estimate of drug-likeness (QED) is 0.756. The van der Waals surface area contributed by atoms with Gasteiger partial charge >= 0.3 is 0 Å². The fraction of sp³-hybridized carbons (Fsp3) is 0.111. The van der Waals surface area contributed by atoms with E-state index in [-0.39, 0.29) is 5.91 Å². The molecule has 5 heteroatoms. The van der Waals surface area contributed by atoms with Crippen LogP contribution in [-0.4, -0.2) is 16.1 Å². The first kappa shape index (κ1) is 9.02. The van der Waals surface area contributed by atoms with Crippen molar-refractivity contribution >= 4 is 34.1 Å². The summed E-state index contributed by atoms with van der Waals surface area (Å²) in [6.07, 6.45) is 0. The van der Waals surface area contributed by atoms with Crippen molar-refractivity contribution in [1.82, 2.24) is 10.2 Å². The molecule has 4 nitrogen and oxygen atoms in total. The number of halogens is 1. The van der Waals surface area contributed by atoms with Gasteiger partial charge in [-0.05, 0) is 18.2 Å². The van der Waals surface area contributed by atoms with Crippen LogP contribution in [0.1, 0.15) is 6.92 Å². The summed E-state index contributed by atoms with van der Waals surface area (Å²) in [4.78, 5) is 10.8. The summed E-state index contributed by atoms with van der Waals surface area (Å²) < 4.78 is 0. The largest absolute Gasteiger partial charge is 0.326 e. The molecule has 2 aromatic rings. The minimum atomic E-state index is -0.106. The van der Waals surface area contributed by atoms with E-state index in [1.54, 1.807) is 12.1 Å². The predicted molar refractivity (Wildman–Crippen MR) is 55.4 cm³/mol. The smallest absolute Gasteiger partial charge is 0.221 e.